The van der Waals surface area contributed by atoms with Crippen LogP contribution < -0.4 is 16.4 Å². The lowest BCUT2D eigenvalue weighted by atomic mass is 9.99. The molecule has 2 aromatic rings. The van der Waals surface area contributed by atoms with E-state index in [1.165, 1.54) is 34.9 Å². The molecule has 3 atom stereocenters. The van der Waals surface area contributed by atoms with E-state index in [9.17, 15) is 24.6 Å². The summed E-state index contributed by atoms with van der Waals surface area (Å²) in [6, 6.07) is 11.7. The Kier molecular flexibility index (Phi) is 8.29. The molecule has 1 fully saturated rings. The average molecular weight is 501 g/mol. The first-order valence-electron chi connectivity index (χ1n) is 11.3. The highest BCUT2D eigenvalue weighted by Crippen LogP contribution is 2.25. The van der Waals surface area contributed by atoms with Crippen LogP contribution in [0.15, 0.2) is 48.5 Å². The van der Waals surface area contributed by atoms with E-state index in [-0.39, 0.29) is 35.2 Å². The van der Waals surface area contributed by atoms with Crippen LogP contribution in [0.25, 0.3) is 0 Å². The molecule has 0 radical (unpaired) electrons. The average Bonchev–Trinajstić information content (AvgIpc) is 3.29. The molecule has 0 saturated carbocycles. The predicted octanol–water partition coefficient (Wildman–Crippen LogP) is 1.49. The highest BCUT2D eigenvalue weighted by molar-refractivity contribution is 7.99. The third-order valence-corrected chi connectivity index (χ3v) is 6.56. The Morgan fingerprint density at radius 3 is 2.49 bits per heavy atom. The number of para-hydroxylation sites is 1. The Labute approximate surface area is 209 Å². The van der Waals surface area contributed by atoms with Crippen LogP contribution in [0.1, 0.15) is 36.7 Å². The van der Waals surface area contributed by atoms with Gasteiger partial charge < -0.3 is 31.5 Å². The van der Waals surface area contributed by atoms with Crippen molar-refractivity contribution in [3.05, 3.63) is 59.7 Å². The van der Waals surface area contributed by atoms with Gasteiger partial charge in [-0.2, -0.15) is 0 Å². The predicted molar refractivity (Wildman–Crippen MR) is 136 cm³/mol. The Bertz CT molecular complexity index is 1070. The van der Waals surface area contributed by atoms with Crippen LogP contribution in [0.5, 0.6) is 5.75 Å². The van der Waals surface area contributed by atoms with Gasteiger partial charge in [-0.25, -0.2) is 0 Å². The fourth-order valence-corrected chi connectivity index (χ4v) is 4.94. The molecule has 1 heterocycles. The highest BCUT2D eigenvalue weighted by atomic mass is 32.2. The lowest BCUT2D eigenvalue weighted by Gasteiger charge is -2.31. The SMILES string of the molecule is CC(C)(C)NC(=O)[C@@H]1CSCN1C(=O)[C@@H](O)[C@H](Cc1ccccc1)NC(=O)c1cccc(O)c1N. The summed E-state index contributed by atoms with van der Waals surface area (Å²) >= 11 is 1.42. The number of rotatable bonds is 7. The highest BCUT2D eigenvalue weighted by Gasteiger charge is 2.40. The Morgan fingerprint density at radius 2 is 1.83 bits per heavy atom. The molecule has 0 spiro atoms. The van der Waals surface area contributed by atoms with Gasteiger partial charge in [0.1, 0.15) is 11.8 Å². The fraction of sp³-hybridized carbons (Fsp3) is 0.400. The minimum atomic E-state index is -1.61. The Hall–Kier alpha value is -3.24. The molecular weight excluding hydrogens is 468 g/mol. The molecule has 188 valence electrons. The molecule has 9 nitrogen and oxygen atoms in total. The molecular formula is C25H32N4O5S. The summed E-state index contributed by atoms with van der Waals surface area (Å²) in [6.07, 6.45) is -1.45. The second-order valence-electron chi connectivity index (χ2n) is 9.52. The number of carbonyl (C=O) groups is 3. The topological polar surface area (TPSA) is 145 Å². The first-order chi connectivity index (χ1) is 16.5. The largest absolute Gasteiger partial charge is 0.506 e. The zero-order chi connectivity index (χ0) is 25.8. The van der Waals surface area contributed by atoms with Gasteiger partial charge in [0.25, 0.3) is 11.8 Å². The maximum absolute atomic E-state index is 13.4. The van der Waals surface area contributed by atoms with E-state index >= 15 is 0 Å². The third kappa shape index (κ3) is 6.67. The summed E-state index contributed by atoms with van der Waals surface area (Å²) in [7, 11) is 0. The van der Waals surface area contributed by atoms with Crippen molar-refractivity contribution in [2.75, 3.05) is 17.4 Å². The van der Waals surface area contributed by atoms with Crippen LogP contribution >= 0.6 is 11.8 Å². The van der Waals surface area contributed by atoms with Crippen molar-refractivity contribution in [1.29, 1.82) is 0 Å². The second-order valence-corrected chi connectivity index (χ2v) is 10.5. The second kappa shape index (κ2) is 11.0. The fourth-order valence-electron chi connectivity index (χ4n) is 3.78. The summed E-state index contributed by atoms with van der Waals surface area (Å²) in [4.78, 5) is 40.5. The van der Waals surface area contributed by atoms with E-state index in [1.807, 2.05) is 51.1 Å². The molecule has 35 heavy (non-hydrogen) atoms. The van der Waals surface area contributed by atoms with Crippen molar-refractivity contribution in [3.8, 4) is 5.75 Å². The third-order valence-electron chi connectivity index (χ3n) is 5.54. The number of hydrogen-bond acceptors (Lipinski definition) is 7. The number of phenols is 1. The molecule has 3 amide bonds. The Morgan fingerprint density at radius 1 is 1.14 bits per heavy atom. The number of carbonyl (C=O) groups excluding carboxylic acids is 3. The summed E-state index contributed by atoms with van der Waals surface area (Å²) < 4.78 is 0. The molecule has 2 aromatic carbocycles. The van der Waals surface area contributed by atoms with Crippen molar-refractivity contribution in [3.63, 3.8) is 0 Å². The van der Waals surface area contributed by atoms with Crippen LogP contribution in [0.2, 0.25) is 0 Å². The molecule has 1 aliphatic rings. The van der Waals surface area contributed by atoms with Crippen molar-refractivity contribution in [1.82, 2.24) is 15.5 Å². The minimum Gasteiger partial charge on any atom is -0.506 e. The molecule has 0 unspecified atom stereocenters. The van der Waals surface area contributed by atoms with Gasteiger partial charge in [0.15, 0.2) is 6.10 Å². The number of aliphatic hydroxyl groups is 1. The number of benzene rings is 2. The van der Waals surface area contributed by atoms with Crippen molar-refractivity contribution >= 4 is 35.2 Å². The minimum absolute atomic E-state index is 0.0295. The van der Waals surface area contributed by atoms with Gasteiger partial charge in [0, 0.05) is 11.3 Å². The summed E-state index contributed by atoms with van der Waals surface area (Å²) in [5.41, 5.74) is 6.11. The zero-order valence-electron chi connectivity index (χ0n) is 20.0. The number of nitrogens with two attached hydrogens (primary N) is 1. The van der Waals surface area contributed by atoms with Gasteiger partial charge in [-0.1, -0.05) is 36.4 Å². The van der Waals surface area contributed by atoms with E-state index in [4.69, 9.17) is 5.73 Å². The Balaban J connectivity index is 1.83. The lowest BCUT2D eigenvalue weighted by Crippen LogP contribution is -2.57. The van der Waals surface area contributed by atoms with Crippen molar-refractivity contribution in [2.24, 2.45) is 0 Å². The molecule has 6 N–H and O–H groups in total. The van der Waals surface area contributed by atoms with E-state index in [0.29, 0.717) is 5.75 Å². The zero-order valence-corrected chi connectivity index (χ0v) is 20.8. The van der Waals surface area contributed by atoms with Gasteiger partial charge in [-0.3, -0.25) is 14.4 Å². The number of hydrogen-bond donors (Lipinski definition) is 5. The lowest BCUT2D eigenvalue weighted by molar-refractivity contribution is -0.146. The maximum atomic E-state index is 13.4. The van der Waals surface area contributed by atoms with Gasteiger partial charge in [0.05, 0.1) is 23.2 Å². The van der Waals surface area contributed by atoms with Crippen LogP contribution in [0.3, 0.4) is 0 Å². The summed E-state index contributed by atoms with van der Waals surface area (Å²) in [6.45, 7) is 5.56. The number of amides is 3. The molecule has 0 bridgehead atoms. The number of nitrogens with zero attached hydrogens (tertiary/aromatic N) is 1. The number of nitrogen functional groups attached to an aromatic ring is 1. The van der Waals surface area contributed by atoms with Crippen LogP contribution in [-0.2, 0) is 16.0 Å². The van der Waals surface area contributed by atoms with Gasteiger partial charge in [-0.05, 0) is 44.9 Å². The van der Waals surface area contributed by atoms with E-state index in [2.05, 4.69) is 10.6 Å². The monoisotopic (exact) mass is 500 g/mol. The van der Waals surface area contributed by atoms with Crippen LogP contribution in [-0.4, -0.2) is 68.2 Å². The van der Waals surface area contributed by atoms with Crippen molar-refractivity contribution < 1.29 is 24.6 Å². The first kappa shape index (κ1) is 26.4. The van der Waals surface area contributed by atoms with E-state index in [1.54, 1.807) is 0 Å². The molecule has 0 aliphatic carbocycles. The van der Waals surface area contributed by atoms with Crippen molar-refractivity contribution in [2.45, 2.75) is 50.9 Å². The van der Waals surface area contributed by atoms with Gasteiger partial charge >= 0.3 is 0 Å². The molecule has 0 aromatic heterocycles. The standard InChI is InChI=1S/C25H32N4O5S/c1-25(2,3)28-23(33)18-13-35-14-29(18)24(34)21(31)17(12-15-8-5-4-6-9-15)27-22(32)16-10-7-11-19(30)20(16)26/h4-11,17-18,21,30-31H,12-14,26H2,1-3H3,(H,27,32)(H,28,33)/t17-,18-,21-/m0/s1. The normalized spacial score (nSPS) is 17.5. The summed E-state index contributed by atoms with van der Waals surface area (Å²) in [5, 5.41) is 26.6. The number of nitrogens with one attached hydrogen (secondary N) is 2. The number of aromatic hydroxyl groups is 1. The quantitative estimate of drug-likeness (QED) is 0.286. The number of aliphatic hydroxyl groups excluding tert-OH is 1. The van der Waals surface area contributed by atoms with E-state index < -0.39 is 35.5 Å². The van der Waals surface area contributed by atoms with Gasteiger partial charge in [-0.15, -0.1) is 11.8 Å². The summed E-state index contributed by atoms with van der Waals surface area (Å²) in [5.74, 6) is -1.15. The molecule has 1 aliphatic heterocycles. The molecule has 10 heteroatoms. The number of phenolic OH excluding ortho intramolecular Hbond substituents is 1. The first-order valence-corrected chi connectivity index (χ1v) is 12.4. The maximum Gasteiger partial charge on any atom is 0.254 e. The molecule has 3 rings (SSSR count). The van der Waals surface area contributed by atoms with Crippen LogP contribution in [0.4, 0.5) is 5.69 Å². The van der Waals surface area contributed by atoms with Crippen LogP contribution in [0, 0.1) is 0 Å². The smallest absolute Gasteiger partial charge is 0.254 e. The number of anilines is 1. The van der Waals surface area contributed by atoms with Gasteiger partial charge in [0.2, 0.25) is 5.91 Å². The number of thioether (sulfide) groups is 1. The molecule has 1 saturated heterocycles. The van der Waals surface area contributed by atoms with E-state index in [0.717, 1.165) is 5.56 Å².